The maximum atomic E-state index is 12.7. The molecule has 2 heterocycles. The van der Waals surface area contributed by atoms with E-state index in [4.69, 9.17) is 0 Å². The van der Waals surface area contributed by atoms with E-state index in [1.54, 1.807) is 10.9 Å². The molecule has 0 aliphatic heterocycles. The van der Waals surface area contributed by atoms with Crippen molar-refractivity contribution in [1.29, 1.82) is 0 Å². The van der Waals surface area contributed by atoms with Crippen molar-refractivity contribution in [2.24, 2.45) is 0 Å². The molecule has 0 aliphatic carbocycles. The predicted molar refractivity (Wildman–Crippen MR) is 107 cm³/mol. The van der Waals surface area contributed by atoms with Crippen LogP contribution < -0.4 is 10.6 Å². The zero-order chi connectivity index (χ0) is 19.4. The van der Waals surface area contributed by atoms with E-state index in [1.807, 2.05) is 68.6 Å². The first-order valence-corrected chi connectivity index (χ1v) is 9.49. The molecule has 27 heavy (non-hydrogen) atoms. The molecule has 0 bridgehead atoms. The summed E-state index contributed by atoms with van der Waals surface area (Å²) in [7, 11) is 0. The highest BCUT2D eigenvalue weighted by molar-refractivity contribution is 7.13. The minimum atomic E-state index is -0.345. The highest BCUT2D eigenvalue weighted by atomic mass is 32.1. The van der Waals surface area contributed by atoms with Crippen molar-refractivity contribution in [2.45, 2.75) is 26.3 Å². The maximum Gasteiger partial charge on any atom is 0.255 e. The monoisotopic (exact) mass is 382 g/mol. The Labute approximate surface area is 162 Å². The number of thiophene rings is 1. The van der Waals surface area contributed by atoms with E-state index in [1.165, 1.54) is 11.3 Å². The van der Waals surface area contributed by atoms with Gasteiger partial charge in [0, 0.05) is 11.7 Å². The number of nitrogens with zero attached hydrogens (tertiary/aromatic N) is 2. The highest BCUT2D eigenvalue weighted by Gasteiger charge is 2.20. The second-order valence-corrected chi connectivity index (χ2v) is 8.08. The van der Waals surface area contributed by atoms with Crippen LogP contribution >= 0.6 is 11.3 Å². The van der Waals surface area contributed by atoms with E-state index in [9.17, 15) is 9.59 Å². The normalized spacial score (nSPS) is 11.2. The molecule has 140 valence electrons. The van der Waals surface area contributed by atoms with Crippen LogP contribution in [0, 0.1) is 0 Å². The summed E-state index contributed by atoms with van der Waals surface area (Å²) in [6.07, 6.45) is 1.70. The summed E-state index contributed by atoms with van der Waals surface area (Å²) in [5.41, 5.74) is 1.55. The third-order valence-electron chi connectivity index (χ3n) is 3.66. The average Bonchev–Trinajstić information content (AvgIpc) is 3.28. The largest absolute Gasteiger partial charge is 0.350 e. The molecule has 2 aromatic heterocycles. The number of nitrogens with one attached hydrogen (secondary N) is 2. The Balaban J connectivity index is 1.84. The molecule has 0 atom stereocenters. The molecule has 3 aromatic rings. The van der Waals surface area contributed by atoms with E-state index >= 15 is 0 Å². The van der Waals surface area contributed by atoms with Gasteiger partial charge in [-0.2, -0.15) is 5.10 Å². The van der Waals surface area contributed by atoms with Crippen molar-refractivity contribution < 1.29 is 9.59 Å². The van der Waals surface area contributed by atoms with Crippen molar-refractivity contribution in [3.8, 4) is 16.3 Å². The van der Waals surface area contributed by atoms with Gasteiger partial charge in [0.2, 0.25) is 5.91 Å². The van der Waals surface area contributed by atoms with Crippen LogP contribution in [0.4, 0.5) is 0 Å². The fourth-order valence-corrected chi connectivity index (χ4v) is 3.29. The molecular formula is C20H22N4O2S. The third-order valence-corrected chi connectivity index (χ3v) is 4.53. The Hall–Kier alpha value is -2.93. The topological polar surface area (TPSA) is 76.0 Å². The lowest BCUT2D eigenvalue weighted by atomic mass is 10.1. The van der Waals surface area contributed by atoms with Crippen LogP contribution in [0.15, 0.2) is 54.0 Å². The summed E-state index contributed by atoms with van der Waals surface area (Å²) >= 11 is 1.51. The summed E-state index contributed by atoms with van der Waals surface area (Å²) in [5, 5.41) is 12.1. The molecule has 3 rings (SSSR count). The van der Waals surface area contributed by atoms with Gasteiger partial charge in [-0.3, -0.25) is 9.59 Å². The van der Waals surface area contributed by atoms with Gasteiger partial charge >= 0.3 is 0 Å². The molecule has 0 aliphatic rings. The number of aromatic nitrogens is 2. The quantitative estimate of drug-likeness (QED) is 0.711. The lowest BCUT2D eigenvalue weighted by molar-refractivity contribution is -0.121. The average molecular weight is 382 g/mol. The van der Waals surface area contributed by atoms with E-state index in [2.05, 4.69) is 15.7 Å². The summed E-state index contributed by atoms with van der Waals surface area (Å²) < 4.78 is 1.68. The molecule has 0 saturated carbocycles. The molecule has 2 N–H and O–H groups in total. The molecular weight excluding hydrogens is 360 g/mol. The second-order valence-electron chi connectivity index (χ2n) is 7.13. The van der Waals surface area contributed by atoms with Gasteiger partial charge in [-0.1, -0.05) is 24.3 Å². The number of carbonyl (C=O) groups is 2. The zero-order valence-corrected chi connectivity index (χ0v) is 16.3. The van der Waals surface area contributed by atoms with Gasteiger partial charge in [-0.15, -0.1) is 11.3 Å². The Morgan fingerprint density at radius 1 is 1.11 bits per heavy atom. The van der Waals surface area contributed by atoms with Gasteiger partial charge in [0.1, 0.15) is 5.69 Å². The second kappa shape index (κ2) is 7.75. The van der Waals surface area contributed by atoms with Crippen LogP contribution in [0.25, 0.3) is 16.3 Å². The fourth-order valence-electron chi connectivity index (χ4n) is 2.57. The van der Waals surface area contributed by atoms with E-state index in [0.717, 1.165) is 10.6 Å². The molecule has 6 nitrogen and oxygen atoms in total. The Kier molecular flexibility index (Phi) is 5.41. The zero-order valence-electron chi connectivity index (χ0n) is 15.5. The minimum Gasteiger partial charge on any atom is -0.350 e. The predicted octanol–water partition coefficient (Wildman–Crippen LogP) is 3.25. The van der Waals surface area contributed by atoms with Crippen molar-refractivity contribution in [3.63, 3.8) is 0 Å². The van der Waals surface area contributed by atoms with Crippen LogP contribution in [0.3, 0.4) is 0 Å². The van der Waals surface area contributed by atoms with E-state index in [-0.39, 0.29) is 23.9 Å². The maximum absolute atomic E-state index is 12.7. The molecule has 7 heteroatoms. The van der Waals surface area contributed by atoms with Gasteiger partial charge in [-0.25, -0.2) is 4.68 Å². The number of benzene rings is 1. The number of amides is 2. The minimum absolute atomic E-state index is 0.0868. The van der Waals surface area contributed by atoms with Crippen LogP contribution in [0.1, 0.15) is 31.1 Å². The van der Waals surface area contributed by atoms with Crippen LogP contribution in [-0.2, 0) is 4.79 Å². The highest BCUT2D eigenvalue weighted by Crippen LogP contribution is 2.27. The standard InChI is InChI=1S/C20H22N4O2S/c1-20(2,3)22-17(25)12-21-19(26)15-13-24(14-8-5-4-6-9-14)23-18(15)16-10-7-11-27-16/h4-11,13H,12H2,1-3H3,(H,21,26)(H,22,25). The SMILES string of the molecule is CC(C)(C)NC(=O)CNC(=O)c1cn(-c2ccccc2)nc1-c1cccs1. The van der Waals surface area contributed by atoms with Crippen LogP contribution in [0.2, 0.25) is 0 Å². The smallest absolute Gasteiger partial charge is 0.255 e. The number of para-hydroxylation sites is 1. The van der Waals surface area contributed by atoms with Crippen molar-refractivity contribution in [3.05, 3.63) is 59.6 Å². The molecule has 0 spiro atoms. The Bertz CT molecular complexity index is 925. The molecule has 0 unspecified atom stereocenters. The van der Waals surface area contributed by atoms with Gasteiger partial charge in [0.25, 0.3) is 5.91 Å². The summed E-state index contributed by atoms with van der Waals surface area (Å²) in [6, 6.07) is 13.4. The Morgan fingerprint density at radius 2 is 1.85 bits per heavy atom. The molecule has 1 aromatic carbocycles. The first kappa shape index (κ1) is 18.8. The number of carbonyl (C=O) groups excluding carboxylic acids is 2. The van der Waals surface area contributed by atoms with Crippen molar-refractivity contribution >= 4 is 23.2 Å². The number of hydrogen-bond donors (Lipinski definition) is 2. The van der Waals surface area contributed by atoms with Gasteiger partial charge in [-0.05, 0) is 44.4 Å². The lowest BCUT2D eigenvalue weighted by Gasteiger charge is -2.20. The van der Waals surface area contributed by atoms with Crippen LogP contribution in [0.5, 0.6) is 0 Å². The first-order valence-electron chi connectivity index (χ1n) is 8.62. The molecule has 0 fully saturated rings. The lowest BCUT2D eigenvalue weighted by Crippen LogP contribution is -2.45. The Morgan fingerprint density at radius 3 is 2.48 bits per heavy atom. The van der Waals surface area contributed by atoms with Gasteiger partial charge < -0.3 is 10.6 Å². The molecule has 0 saturated heterocycles. The van der Waals surface area contributed by atoms with Gasteiger partial charge in [0.05, 0.1) is 22.7 Å². The molecule has 2 amide bonds. The first-order chi connectivity index (χ1) is 12.8. The summed E-state index contributed by atoms with van der Waals surface area (Å²) in [4.78, 5) is 25.6. The summed E-state index contributed by atoms with van der Waals surface area (Å²) in [5.74, 6) is -0.561. The summed E-state index contributed by atoms with van der Waals surface area (Å²) in [6.45, 7) is 5.60. The van der Waals surface area contributed by atoms with Gasteiger partial charge in [0.15, 0.2) is 0 Å². The number of rotatable bonds is 5. The molecule has 0 radical (unpaired) electrons. The van der Waals surface area contributed by atoms with E-state index in [0.29, 0.717) is 11.3 Å². The van der Waals surface area contributed by atoms with Crippen molar-refractivity contribution in [2.75, 3.05) is 6.54 Å². The third kappa shape index (κ3) is 4.83. The van der Waals surface area contributed by atoms with Crippen LogP contribution in [-0.4, -0.2) is 33.7 Å². The van der Waals surface area contributed by atoms with Crippen molar-refractivity contribution in [1.82, 2.24) is 20.4 Å². The number of hydrogen-bond acceptors (Lipinski definition) is 4. The fraction of sp³-hybridized carbons (Fsp3) is 0.250. The van der Waals surface area contributed by atoms with E-state index < -0.39 is 0 Å².